The van der Waals surface area contributed by atoms with E-state index in [0.717, 1.165) is 37.4 Å². The Labute approximate surface area is 114 Å². The quantitative estimate of drug-likeness (QED) is 0.820. The van der Waals surface area contributed by atoms with Crippen molar-refractivity contribution in [1.29, 1.82) is 0 Å². The minimum atomic E-state index is 0.363. The summed E-state index contributed by atoms with van der Waals surface area (Å²) < 4.78 is 16.7. The van der Waals surface area contributed by atoms with Crippen molar-refractivity contribution in [1.82, 2.24) is 0 Å². The highest BCUT2D eigenvalue weighted by molar-refractivity contribution is 5.43. The topological polar surface area (TPSA) is 53.7 Å². The summed E-state index contributed by atoms with van der Waals surface area (Å²) in [5.74, 6) is 1.57. The van der Waals surface area contributed by atoms with E-state index >= 15 is 0 Å². The Hall–Kier alpha value is -1.26. The lowest BCUT2D eigenvalue weighted by Crippen LogP contribution is -2.11. The number of hydrogen-bond acceptors (Lipinski definition) is 4. The van der Waals surface area contributed by atoms with Crippen LogP contribution < -0.4 is 15.2 Å². The molecule has 4 heteroatoms. The van der Waals surface area contributed by atoms with Gasteiger partial charge in [0.25, 0.3) is 0 Å². The lowest BCUT2D eigenvalue weighted by Gasteiger charge is -2.14. The van der Waals surface area contributed by atoms with Gasteiger partial charge in [0.05, 0.1) is 19.8 Å². The van der Waals surface area contributed by atoms with Gasteiger partial charge >= 0.3 is 0 Å². The molecule has 0 saturated carbocycles. The number of ether oxygens (including phenoxy) is 3. The molecule has 2 N–H and O–H groups in total. The van der Waals surface area contributed by atoms with E-state index in [4.69, 9.17) is 19.9 Å². The zero-order valence-corrected chi connectivity index (χ0v) is 11.6. The van der Waals surface area contributed by atoms with Gasteiger partial charge < -0.3 is 19.9 Å². The Morgan fingerprint density at radius 3 is 2.95 bits per heavy atom. The van der Waals surface area contributed by atoms with Crippen molar-refractivity contribution in [2.75, 3.05) is 26.9 Å². The summed E-state index contributed by atoms with van der Waals surface area (Å²) in [5, 5.41) is 0. The molecule has 1 aromatic carbocycles. The third-order valence-corrected chi connectivity index (χ3v) is 3.38. The molecule has 1 heterocycles. The SMILES string of the molecule is COc1cc(CCN)ccc1OCCC1CCCO1. The summed E-state index contributed by atoms with van der Waals surface area (Å²) >= 11 is 0. The van der Waals surface area contributed by atoms with Crippen molar-refractivity contribution in [3.63, 3.8) is 0 Å². The van der Waals surface area contributed by atoms with Crippen LogP contribution in [0.2, 0.25) is 0 Å². The standard InChI is InChI=1S/C15H23NO3/c1-17-15-11-12(6-8-16)4-5-14(15)19-10-7-13-3-2-9-18-13/h4-5,11,13H,2-3,6-10,16H2,1H3. The van der Waals surface area contributed by atoms with Gasteiger partial charge in [-0.05, 0) is 43.5 Å². The normalized spacial score (nSPS) is 18.5. The molecule has 19 heavy (non-hydrogen) atoms. The predicted molar refractivity (Wildman–Crippen MR) is 74.8 cm³/mol. The van der Waals surface area contributed by atoms with Gasteiger partial charge in [0.2, 0.25) is 0 Å². The molecule has 1 atom stereocenters. The average Bonchev–Trinajstić information content (AvgIpc) is 2.93. The predicted octanol–water partition coefficient (Wildman–Crippen LogP) is 2.14. The maximum Gasteiger partial charge on any atom is 0.161 e. The van der Waals surface area contributed by atoms with E-state index in [1.807, 2.05) is 18.2 Å². The molecule has 0 bridgehead atoms. The van der Waals surface area contributed by atoms with Crippen LogP contribution in [0.5, 0.6) is 11.5 Å². The minimum absolute atomic E-state index is 0.363. The zero-order chi connectivity index (χ0) is 13.5. The fourth-order valence-corrected chi connectivity index (χ4v) is 2.33. The maximum atomic E-state index is 5.79. The van der Waals surface area contributed by atoms with Crippen LogP contribution in [0.25, 0.3) is 0 Å². The first kappa shape index (κ1) is 14.2. The second-order valence-corrected chi connectivity index (χ2v) is 4.80. The molecule has 0 radical (unpaired) electrons. The fraction of sp³-hybridized carbons (Fsp3) is 0.600. The van der Waals surface area contributed by atoms with E-state index in [2.05, 4.69) is 0 Å². The summed E-state index contributed by atoms with van der Waals surface area (Å²) in [6.07, 6.45) is 4.47. The molecule has 1 fully saturated rings. The Bertz CT molecular complexity index is 389. The molecule has 0 spiro atoms. The summed E-state index contributed by atoms with van der Waals surface area (Å²) in [7, 11) is 1.66. The van der Waals surface area contributed by atoms with Gasteiger partial charge in [0, 0.05) is 13.0 Å². The molecule has 1 aliphatic heterocycles. The number of hydrogen-bond donors (Lipinski definition) is 1. The van der Waals surface area contributed by atoms with Gasteiger partial charge in [-0.15, -0.1) is 0 Å². The van der Waals surface area contributed by atoms with Crippen molar-refractivity contribution in [3.8, 4) is 11.5 Å². The van der Waals surface area contributed by atoms with Crippen molar-refractivity contribution < 1.29 is 14.2 Å². The van der Waals surface area contributed by atoms with E-state index in [1.54, 1.807) is 7.11 Å². The monoisotopic (exact) mass is 265 g/mol. The highest BCUT2D eigenvalue weighted by Gasteiger charge is 2.15. The van der Waals surface area contributed by atoms with E-state index < -0.39 is 0 Å². The lowest BCUT2D eigenvalue weighted by molar-refractivity contribution is 0.0899. The first-order chi connectivity index (χ1) is 9.33. The average molecular weight is 265 g/mol. The van der Waals surface area contributed by atoms with Gasteiger partial charge in [-0.3, -0.25) is 0 Å². The molecule has 1 aromatic rings. The van der Waals surface area contributed by atoms with Crippen LogP contribution in [0.15, 0.2) is 18.2 Å². The van der Waals surface area contributed by atoms with Crippen molar-refractivity contribution in [3.05, 3.63) is 23.8 Å². The highest BCUT2D eigenvalue weighted by Crippen LogP contribution is 2.28. The largest absolute Gasteiger partial charge is 0.493 e. The van der Waals surface area contributed by atoms with Gasteiger partial charge in [0.1, 0.15) is 0 Å². The Morgan fingerprint density at radius 1 is 1.37 bits per heavy atom. The smallest absolute Gasteiger partial charge is 0.161 e. The van der Waals surface area contributed by atoms with E-state index in [0.29, 0.717) is 19.3 Å². The second-order valence-electron chi connectivity index (χ2n) is 4.80. The summed E-state index contributed by atoms with van der Waals surface area (Å²) in [6, 6.07) is 5.99. The molecule has 0 aliphatic carbocycles. The maximum absolute atomic E-state index is 5.79. The van der Waals surface area contributed by atoms with Crippen LogP contribution in [-0.2, 0) is 11.2 Å². The first-order valence-corrected chi connectivity index (χ1v) is 6.95. The van der Waals surface area contributed by atoms with Crippen molar-refractivity contribution >= 4 is 0 Å². The van der Waals surface area contributed by atoms with Gasteiger partial charge in [-0.2, -0.15) is 0 Å². The molecule has 4 nitrogen and oxygen atoms in total. The molecular weight excluding hydrogens is 242 g/mol. The van der Waals surface area contributed by atoms with Crippen LogP contribution in [0.4, 0.5) is 0 Å². The van der Waals surface area contributed by atoms with Crippen LogP contribution >= 0.6 is 0 Å². The van der Waals surface area contributed by atoms with Crippen LogP contribution in [-0.4, -0.2) is 33.0 Å². The Balaban J connectivity index is 1.87. The minimum Gasteiger partial charge on any atom is -0.493 e. The highest BCUT2D eigenvalue weighted by atomic mass is 16.5. The number of rotatable bonds is 7. The van der Waals surface area contributed by atoms with Crippen LogP contribution in [0.3, 0.4) is 0 Å². The van der Waals surface area contributed by atoms with Gasteiger partial charge in [-0.1, -0.05) is 6.07 Å². The molecule has 1 saturated heterocycles. The third-order valence-electron chi connectivity index (χ3n) is 3.38. The number of methoxy groups -OCH3 is 1. The summed E-state index contributed by atoms with van der Waals surface area (Å²) in [4.78, 5) is 0. The van der Waals surface area contributed by atoms with Crippen LogP contribution in [0.1, 0.15) is 24.8 Å². The molecule has 2 rings (SSSR count). The van der Waals surface area contributed by atoms with E-state index in [-0.39, 0.29) is 0 Å². The van der Waals surface area contributed by atoms with Gasteiger partial charge in [-0.25, -0.2) is 0 Å². The molecule has 0 aromatic heterocycles. The molecular formula is C15H23NO3. The second kappa shape index (κ2) is 7.36. The van der Waals surface area contributed by atoms with E-state index in [9.17, 15) is 0 Å². The van der Waals surface area contributed by atoms with Crippen LogP contribution in [0, 0.1) is 0 Å². The summed E-state index contributed by atoms with van der Waals surface area (Å²) in [5.41, 5.74) is 6.73. The lowest BCUT2D eigenvalue weighted by atomic mass is 10.1. The first-order valence-electron chi connectivity index (χ1n) is 6.95. The molecule has 1 unspecified atom stereocenters. The number of benzene rings is 1. The Morgan fingerprint density at radius 2 is 2.26 bits per heavy atom. The van der Waals surface area contributed by atoms with Crippen molar-refractivity contribution in [2.45, 2.75) is 31.8 Å². The third kappa shape index (κ3) is 4.11. The molecule has 1 aliphatic rings. The molecule has 0 amide bonds. The zero-order valence-electron chi connectivity index (χ0n) is 11.6. The van der Waals surface area contributed by atoms with Crippen molar-refractivity contribution in [2.24, 2.45) is 5.73 Å². The van der Waals surface area contributed by atoms with Gasteiger partial charge in [0.15, 0.2) is 11.5 Å². The Kier molecular flexibility index (Phi) is 5.48. The van der Waals surface area contributed by atoms with E-state index in [1.165, 1.54) is 12.0 Å². The fourth-order valence-electron chi connectivity index (χ4n) is 2.33. The number of nitrogens with two attached hydrogens (primary N) is 1. The summed E-state index contributed by atoms with van der Waals surface area (Å²) in [6.45, 7) is 2.20. The molecule has 106 valence electrons.